The molecule has 1 heterocycles. The Morgan fingerprint density at radius 1 is 1.36 bits per heavy atom. The Hall–Kier alpha value is -2.08. The number of rotatable bonds is 2. The molecule has 1 aliphatic rings. The molecule has 2 rings (SSSR count). The molecular weight excluding hydrogens is 182 g/mol. The fourth-order valence-corrected chi connectivity index (χ4v) is 1.13. The van der Waals surface area contributed by atoms with Crippen molar-refractivity contribution in [1.82, 2.24) is 10.9 Å². The Morgan fingerprint density at radius 2 is 2.14 bits per heavy atom. The van der Waals surface area contributed by atoms with Crippen LogP contribution in [0.3, 0.4) is 0 Å². The summed E-state index contributed by atoms with van der Waals surface area (Å²) in [5.74, 6) is 5.60. The Kier molecular flexibility index (Phi) is 2.04. The van der Waals surface area contributed by atoms with Gasteiger partial charge in [-0.25, -0.2) is 5.84 Å². The van der Waals surface area contributed by atoms with Gasteiger partial charge >= 0.3 is 0 Å². The van der Waals surface area contributed by atoms with Crippen molar-refractivity contribution in [2.75, 3.05) is 10.9 Å². The maximum atomic E-state index is 5.75. The molecule has 1 aromatic rings. The molecule has 0 fully saturated rings. The standard InChI is InChI=1S/C8H11N5O/c9-6-3-1-2-4-7(6)13-11-5-8(12-10)14-13/h1-5,11-12H,9-10H2. The average Bonchev–Trinajstić information content (AvgIpc) is 2.67. The first-order valence-corrected chi connectivity index (χ1v) is 4.07. The number of hydrazine groups is 2. The molecule has 0 saturated heterocycles. The molecule has 14 heavy (non-hydrogen) atoms. The van der Waals surface area contributed by atoms with Crippen molar-refractivity contribution in [3.63, 3.8) is 0 Å². The zero-order chi connectivity index (χ0) is 9.97. The van der Waals surface area contributed by atoms with Gasteiger partial charge in [-0.15, -0.1) is 5.17 Å². The van der Waals surface area contributed by atoms with Crippen molar-refractivity contribution in [2.45, 2.75) is 0 Å². The highest BCUT2D eigenvalue weighted by molar-refractivity contribution is 5.65. The van der Waals surface area contributed by atoms with E-state index in [0.717, 1.165) is 5.69 Å². The summed E-state index contributed by atoms with van der Waals surface area (Å²) < 4.78 is 0. The molecule has 0 aromatic heterocycles. The summed E-state index contributed by atoms with van der Waals surface area (Å²) in [5.41, 5.74) is 12.3. The van der Waals surface area contributed by atoms with Crippen molar-refractivity contribution in [1.29, 1.82) is 0 Å². The summed E-state index contributed by atoms with van der Waals surface area (Å²) in [6.45, 7) is 0. The van der Waals surface area contributed by atoms with E-state index in [1.165, 1.54) is 5.17 Å². The number of nitrogens with two attached hydrogens (primary N) is 2. The minimum Gasteiger partial charge on any atom is -0.397 e. The smallest absolute Gasteiger partial charge is 0.254 e. The van der Waals surface area contributed by atoms with Gasteiger partial charge < -0.3 is 10.6 Å². The maximum absolute atomic E-state index is 5.75. The number of hydrogen-bond donors (Lipinski definition) is 4. The quantitative estimate of drug-likeness (QED) is 0.295. The second kappa shape index (κ2) is 3.35. The minimum absolute atomic E-state index is 0.424. The number of hydrogen-bond acceptors (Lipinski definition) is 6. The van der Waals surface area contributed by atoms with E-state index in [-0.39, 0.29) is 0 Å². The van der Waals surface area contributed by atoms with Crippen molar-refractivity contribution in [2.24, 2.45) is 5.84 Å². The summed E-state index contributed by atoms with van der Waals surface area (Å²) in [4.78, 5) is 5.24. The molecule has 0 spiro atoms. The van der Waals surface area contributed by atoms with E-state index in [1.807, 2.05) is 18.2 Å². The Labute approximate surface area is 81.0 Å². The van der Waals surface area contributed by atoms with Crippen LogP contribution in [0.2, 0.25) is 0 Å². The van der Waals surface area contributed by atoms with Crippen LogP contribution < -0.4 is 27.6 Å². The number of nitrogen functional groups attached to an aromatic ring is 1. The molecular formula is C8H11N5O. The largest absolute Gasteiger partial charge is 0.397 e. The lowest BCUT2D eigenvalue weighted by atomic mass is 10.3. The zero-order valence-electron chi connectivity index (χ0n) is 7.40. The molecule has 0 aliphatic carbocycles. The van der Waals surface area contributed by atoms with Crippen molar-refractivity contribution in [3.05, 3.63) is 36.3 Å². The van der Waals surface area contributed by atoms with E-state index in [0.29, 0.717) is 11.6 Å². The Bertz CT molecular complexity index is 365. The van der Waals surface area contributed by atoms with Gasteiger partial charge in [0.2, 0.25) is 0 Å². The second-order valence-electron chi connectivity index (χ2n) is 2.73. The van der Waals surface area contributed by atoms with Crippen LogP contribution >= 0.6 is 0 Å². The summed E-state index contributed by atoms with van der Waals surface area (Å²) in [6, 6.07) is 7.33. The number of nitrogens with one attached hydrogen (secondary N) is 2. The van der Waals surface area contributed by atoms with Crippen molar-refractivity contribution >= 4 is 11.4 Å². The van der Waals surface area contributed by atoms with Crippen molar-refractivity contribution in [3.8, 4) is 0 Å². The third-order valence-electron chi connectivity index (χ3n) is 1.80. The predicted octanol–water partition coefficient (Wildman–Crippen LogP) is -0.213. The molecule has 0 saturated carbocycles. The van der Waals surface area contributed by atoms with E-state index in [9.17, 15) is 0 Å². The van der Waals surface area contributed by atoms with E-state index < -0.39 is 0 Å². The molecule has 0 atom stereocenters. The third kappa shape index (κ3) is 1.38. The van der Waals surface area contributed by atoms with Crippen molar-refractivity contribution < 1.29 is 4.84 Å². The first kappa shape index (κ1) is 8.52. The molecule has 0 radical (unpaired) electrons. The molecule has 6 heteroatoms. The number of benzene rings is 1. The summed E-state index contributed by atoms with van der Waals surface area (Å²) in [7, 11) is 0. The van der Waals surface area contributed by atoms with Gasteiger partial charge in [-0.3, -0.25) is 10.9 Å². The van der Waals surface area contributed by atoms with Gasteiger partial charge in [0, 0.05) is 0 Å². The molecule has 6 N–H and O–H groups in total. The fourth-order valence-electron chi connectivity index (χ4n) is 1.13. The van der Waals surface area contributed by atoms with E-state index >= 15 is 0 Å². The molecule has 0 bridgehead atoms. The third-order valence-corrected chi connectivity index (χ3v) is 1.80. The fraction of sp³-hybridized carbons (Fsp3) is 0. The molecule has 1 aliphatic heterocycles. The van der Waals surface area contributed by atoms with Crippen LogP contribution in [0.5, 0.6) is 0 Å². The van der Waals surface area contributed by atoms with Gasteiger partial charge in [-0.2, -0.15) is 0 Å². The van der Waals surface area contributed by atoms with Crippen LogP contribution in [-0.4, -0.2) is 0 Å². The molecule has 1 aromatic carbocycles. The molecule has 0 unspecified atom stereocenters. The van der Waals surface area contributed by atoms with Gasteiger partial charge in [0.25, 0.3) is 5.88 Å². The highest BCUT2D eigenvalue weighted by atomic mass is 16.7. The van der Waals surface area contributed by atoms with Crippen LogP contribution in [0, 0.1) is 0 Å². The van der Waals surface area contributed by atoms with E-state index in [4.69, 9.17) is 16.4 Å². The second-order valence-corrected chi connectivity index (χ2v) is 2.73. The maximum Gasteiger partial charge on any atom is 0.254 e. The first-order valence-electron chi connectivity index (χ1n) is 4.07. The van der Waals surface area contributed by atoms with Gasteiger partial charge in [0.15, 0.2) is 0 Å². The Morgan fingerprint density at radius 3 is 2.79 bits per heavy atom. The lowest BCUT2D eigenvalue weighted by molar-refractivity contribution is 0.174. The lowest BCUT2D eigenvalue weighted by Gasteiger charge is -2.18. The summed E-state index contributed by atoms with van der Waals surface area (Å²) >= 11 is 0. The van der Waals surface area contributed by atoms with Crippen LogP contribution in [0.4, 0.5) is 11.4 Å². The average molecular weight is 193 g/mol. The predicted molar refractivity (Wildman–Crippen MR) is 53.0 cm³/mol. The summed E-state index contributed by atoms with van der Waals surface area (Å²) in [5, 5.41) is 1.42. The SMILES string of the molecule is NNC1=CNN(c2ccccc2N)O1. The number of anilines is 2. The van der Waals surface area contributed by atoms with E-state index in [1.54, 1.807) is 12.3 Å². The zero-order valence-corrected chi connectivity index (χ0v) is 7.40. The minimum atomic E-state index is 0.424. The Balaban J connectivity index is 2.16. The van der Waals surface area contributed by atoms with Crippen LogP contribution in [0.25, 0.3) is 0 Å². The van der Waals surface area contributed by atoms with Crippen LogP contribution in [0.1, 0.15) is 0 Å². The van der Waals surface area contributed by atoms with E-state index in [2.05, 4.69) is 10.9 Å². The highest BCUT2D eigenvalue weighted by Crippen LogP contribution is 2.23. The van der Waals surface area contributed by atoms with Gasteiger partial charge in [0.1, 0.15) is 5.69 Å². The lowest BCUT2D eigenvalue weighted by Crippen LogP contribution is -2.30. The first-order chi connectivity index (χ1) is 6.81. The van der Waals surface area contributed by atoms with Gasteiger partial charge in [0.05, 0.1) is 11.9 Å². The normalized spacial score (nSPS) is 14.4. The number of para-hydroxylation sites is 2. The van der Waals surface area contributed by atoms with Crippen LogP contribution in [0.15, 0.2) is 36.3 Å². The highest BCUT2D eigenvalue weighted by Gasteiger charge is 2.16. The summed E-state index contributed by atoms with van der Waals surface area (Å²) in [6.07, 6.45) is 1.59. The van der Waals surface area contributed by atoms with Gasteiger partial charge in [-0.1, -0.05) is 12.1 Å². The number of nitrogens with zero attached hydrogens (tertiary/aromatic N) is 1. The molecule has 0 amide bonds. The van der Waals surface area contributed by atoms with Gasteiger partial charge in [-0.05, 0) is 12.1 Å². The van der Waals surface area contributed by atoms with Crippen LogP contribution in [-0.2, 0) is 4.84 Å². The topological polar surface area (TPSA) is 88.6 Å². The molecule has 6 nitrogen and oxygen atoms in total. The molecule has 74 valence electrons. The monoisotopic (exact) mass is 193 g/mol.